The highest BCUT2D eigenvalue weighted by atomic mass is 35.5. The summed E-state index contributed by atoms with van der Waals surface area (Å²) in [6.07, 6.45) is 0. The van der Waals surface area contributed by atoms with Crippen LogP contribution in [0.2, 0.25) is 0 Å². The number of halogens is 2. The number of rotatable bonds is 1. The van der Waals surface area contributed by atoms with E-state index in [9.17, 15) is 9.18 Å². The average molecular weight is 208 g/mol. The van der Waals surface area contributed by atoms with E-state index in [2.05, 4.69) is 0 Å². The van der Waals surface area contributed by atoms with Gasteiger partial charge in [-0.3, -0.25) is 0 Å². The molecule has 0 atom stereocenters. The second-order valence-electron chi connectivity index (χ2n) is 2.21. The molecule has 0 radical (unpaired) electrons. The summed E-state index contributed by atoms with van der Waals surface area (Å²) in [6, 6.07) is 1.89. The number of nitrogen functional groups attached to an aromatic ring is 1. The number of hydrogen-bond acceptors (Lipinski definition) is 3. The van der Waals surface area contributed by atoms with Gasteiger partial charge in [-0.1, -0.05) is 0 Å². The van der Waals surface area contributed by atoms with Gasteiger partial charge in [0.2, 0.25) is 0 Å². The number of aromatic carboxylic acids is 1. The van der Waals surface area contributed by atoms with Crippen molar-refractivity contribution < 1.29 is 19.4 Å². The molecule has 0 saturated heterocycles. The summed E-state index contributed by atoms with van der Waals surface area (Å²) in [5, 5.41) is 17.2. The molecule has 4 nitrogen and oxygen atoms in total. The van der Waals surface area contributed by atoms with Crippen LogP contribution < -0.4 is 5.73 Å². The third kappa shape index (κ3) is 2.22. The lowest BCUT2D eigenvalue weighted by atomic mass is 10.2. The third-order valence-corrected chi connectivity index (χ3v) is 1.31. The van der Waals surface area contributed by atoms with Gasteiger partial charge in [0.05, 0.1) is 0 Å². The van der Waals surface area contributed by atoms with E-state index in [1.807, 2.05) is 0 Å². The Labute approximate surface area is 79.2 Å². The molecule has 0 aliphatic heterocycles. The SMILES string of the molecule is Cl.Nc1cc(O)c(F)c(C(=O)O)c1. The van der Waals surface area contributed by atoms with Crippen molar-refractivity contribution in [1.29, 1.82) is 0 Å². The smallest absolute Gasteiger partial charge is 0.338 e. The molecule has 1 rings (SSSR count). The number of nitrogens with two attached hydrogens (primary N) is 1. The fourth-order valence-electron chi connectivity index (χ4n) is 0.787. The summed E-state index contributed by atoms with van der Waals surface area (Å²) < 4.78 is 12.7. The molecule has 0 spiro atoms. The number of benzene rings is 1. The van der Waals surface area contributed by atoms with E-state index in [0.717, 1.165) is 12.1 Å². The van der Waals surface area contributed by atoms with Crippen LogP contribution in [-0.2, 0) is 0 Å². The van der Waals surface area contributed by atoms with Gasteiger partial charge < -0.3 is 15.9 Å². The Morgan fingerprint density at radius 1 is 1.46 bits per heavy atom. The number of aromatic hydroxyl groups is 1. The number of hydrogen-bond donors (Lipinski definition) is 3. The molecule has 0 amide bonds. The maximum atomic E-state index is 12.7. The Bertz CT molecular complexity index is 343. The summed E-state index contributed by atoms with van der Waals surface area (Å²) in [5.41, 5.74) is 4.55. The molecule has 0 fully saturated rings. The third-order valence-electron chi connectivity index (χ3n) is 1.31. The lowest BCUT2D eigenvalue weighted by molar-refractivity contribution is 0.0691. The van der Waals surface area contributed by atoms with E-state index in [4.69, 9.17) is 15.9 Å². The zero-order valence-corrected chi connectivity index (χ0v) is 7.14. The lowest BCUT2D eigenvalue weighted by Crippen LogP contribution is -2.02. The minimum atomic E-state index is -1.46. The van der Waals surface area contributed by atoms with Gasteiger partial charge in [-0.2, -0.15) is 0 Å². The first-order valence-electron chi connectivity index (χ1n) is 3.03. The second-order valence-corrected chi connectivity index (χ2v) is 2.21. The number of phenols is 1. The van der Waals surface area contributed by atoms with Gasteiger partial charge in [0, 0.05) is 11.8 Å². The largest absolute Gasteiger partial charge is 0.505 e. The average Bonchev–Trinajstić information content (AvgIpc) is 1.96. The Kier molecular flexibility index (Phi) is 3.50. The molecule has 72 valence electrons. The van der Waals surface area contributed by atoms with Crippen LogP contribution in [0.5, 0.6) is 5.75 Å². The molecule has 1 aromatic rings. The molecule has 0 saturated carbocycles. The highest BCUT2D eigenvalue weighted by molar-refractivity contribution is 5.89. The maximum absolute atomic E-state index is 12.7. The fraction of sp³-hybridized carbons (Fsp3) is 0. The van der Waals surface area contributed by atoms with E-state index in [0.29, 0.717) is 0 Å². The molecule has 0 heterocycles. The molecule has 0 unspecified atom stereocenters. The maximum Gasteiger partial charge on any atom is 0.338 e. The van der Waals surface area contributed by atoms with E-state index >= 15 is 0 Å². The molecule has 0 aliphatic rings. The van der Waals surface area contributed by atoms with Crippen LogP contribution in [0.15, 0.2) is 12.1 Å². The van der Waals surface area contributed by atoms with Gasteiger partial charge in [0.15, 0.2) is 11.6 Å². The van der Waals surface area contributed by atoms with Gasteiger partial charge in [0.1, 0.15) is 5.56 Å². The van der Waals surface area contributed by atoms with E-state index < -0.39 is 23.1 Å². The molecule has 0 bridgehead atoms. The van der Waals surface area contributed by atoms with Crippen molar-refractivity contribution in [2.45, 2.75) is 0 Å². The highest BCUT2D eigenvalue weighted by Crippen LogP contribution is 2.22. The summed E-state index contributed by atoms with van der Waals surface area (Å²) in [7, 11) is 0. The number of carboxylic acid groups (broad SMARTS) is 1. The minimum absolute atomic E-state index is 0. The topological polar surface area (TPSA) is 83.5 Å². The van der Waals surface area contributed by atoms with Crippen LogP contribution in [0.25, 0.3) is 0 Å². The first-order valence-corrected chi connectivity index (χ1v) is 3.03. The van der Waals surface area contributed by atoms with Crippen molar-refractivity contribution in [3.8, 4) is 5.75 Å². The summed E-state index contributed by atoms with van der Waals surface area (Å²) in [5.74, 6) is -3.39. The highest BCUT2D eigenvalue weighted by Gasteiger charge is 2.14. The molecular formula is C7H7ClFNO3. The number of anilines is 1. The Hall–Kier alpha value is -1.49. The summed E-state index contributed by atoms with van der Waals surface area (Å²) in [6.45, 7) is 0. The zero-order valence-electron chi connectivity index (χ0n) is 6.32. The molecule has 0 aliphatic carbocycles. The minimum Gasteiger partial charge on any atom is -0.505 e. The Morgan fingerprint density at radius 3 is 2.46 bits per heavy atom. The van der Waals surface area contributed by atoms with Gasteiger partial charge in [-0.25, -0.2) is 9.18 Å². The molecule has 0 aromatic heterocycles. The van der Waals surface area contributed by atoms with Gasteiger partial charge >= 0.3 is 5.97 Å². The Morgan fingerprint density at radius 2 is 2.00 bits per heavy atom. The van der Waals surface area contributed by atoms with Crippen molar-refractivity contribution in [1.82, 2.24) is 0 Å². The Balaban J connectivity index is 0.00000144. The second kappa shape index (κ2) is 3.95. The van der Waals surface area contributed by atoms with Crippen molar-refractivity contribution in [2.75, 3.05) is 5.73 Å². The monoisotopic (exact) mass is 207 g/mol. The first-order chi connectivity index (χ1) is 5.52. The van der Waals surface area contributed by atoms with Crippen LogP contribution in [-0.4, -0.2) is 16.2 Å². The normalized spacial score (nSPS) is 9.00. The van der Waals surface area contributed by atoms with Crippen LogP contribution in [0.4, 0.5) is 10.1 Å². The molecule has 4 N–H and O–H groups in total. The number of carboxylic acids is 1. The fourth-order valence-corrected chi connectivity index (χ4v) is 0.787. The predicted molar refractivity (Wildman–Crippen MR) is 46.7 cm³/mol. The summed E-state index contributed by atoms with van der Waals surface area (Å²) >= 11 is 0. The molecular weight excluding hydrogens is 201 g/mol. The summed E-state index contributed by atoms with van der Waals surface area (Å²) in [4.78, 5) is 10.3. The molecule has 6 heteroatoms. The quantitative estimate of drug-likeness (QED) is 0.605. The zero-order chi connectivity index (χ0) is 9.30. The van der Waals surface area contributed by atoms with E-state index in [1.165, 1.54) is 0 Å². The van der Waals surface area contributed by atoms with Crippen LogP contribution in [0, 0.1) is 5.82 Å². The van der Waals surface area contributed by atoms with Gasteiger partial charge in [-0.05, 0) is 6.07 Å². The van der Waals surface area contributed by atoms with Crippen molar-refractivity contribution in [2.24, 2.45) is 0 Å². The van der Waals surface area contributed by atoms with Crippen LogP contribution in [0.3, 0.4) is 0 Å². The van der Waals surface area contributed by atoms with Gasteiger partial charge in [-0.15, -0.1) is 12.4 Å². The van der Waals surface area contributed by atoms with Crippen molar-refractivity contribution in [3.63, 3.8) is 0 Å². The first kappa shape index (κ1) is 11.5. The van der Waals surface area contributed by atoms with Crippen LogP contribution >= 0.6 is 12.4 Å². The number of phenolic OH excluding ortho intramolecular Hbond substituents is 1. The van der Waals surface area contributed by atoms with E-state index in [1.54, 1.807) is 0 Å². The van der Waals surface area contributed by atoms with Crippen molar-refractivity contribution in [3.05, 3.63) is 23.5 Å². The van der Waals surface area contributed by atoms with Gasteiger partial charge in [0.25, 0.3) is 0 Å². The number of carbonyl (C=O) groups is 1. The van der Waals surface area contributed by atoms with Crippen LogP contribution in [0.1, 0.15) is 10.4 Å². The molecule has 13 heavy (non-hydrogen) atoms. The standard InChI is InChI=1S/C7H6FNO3.ClH/c8-6-4(7(11)12)1-3(9)2-5(6)10;/h1-2,10H,9H2,(H,11,12);1H. The molecule has 1 aromatic carbocycles. The lowest BCUT2D eigenvalue weighted by Gasteiger charge is -2.01. The van der Waals surface area contributed by atoms with Crippen molar-refractivity contribution >= 4 is 24.1 Å². The predicted octanol–water partition coefficient (Wildman–Crippen LogP) is 1.23. The van der Waals surface area contributed by atoms with E-state index in [-0.39, 0.29) is 18.1 Å².